The molecule has 1 saturated heterocycles. The van der Waals surface area contributed by atoms with Crippen LogP contribution in [0.15, 0.2) is 0 Å². The SMILES string of the molecule is CCOC(=O)N1CC2CCCC2C1C1CCCCC1O. The summed E-state index contributed by atoms with van der Waals surface area (Å²) in [6.45, 7) is 3.14. The van der Waals surface area contributed by atoms with E-state index in [0.717, 1.165) is 25.8 Å². The molecule has 5 unspecified atom stereocenters. The van der Waals surface area contributed by atoms with Crippen molar-refractivity contribution in [3.8, 4) is 0 Å². The summed E-state index contributed by atoms with van der Waals surface area (Å²) in [6.07, 6.45) is 7.61. The molecule has 3 fully saturated rings. The maximum absolute atomic E-state index is 12.3. The van der Waals surface area contributed by atoms with E-state index in [2.05, 4.69) is 0 Å². The van der Waals surface area contributed by atoms with Crippen LogP contribution in [0.5, 0.6) is 0 Å². The van der Waals surface area contributed by atoms with Crippen molar-refractivity contribution in [2.45, 2.75) is 64.0 Å². The van der Waals surface area contributed by atoms with Gasteiger partial charge in [-0.2, -0.15) is 0 Å². The van der Waals surface area contributed by atoms with Crippen molar-refractivity contribution >= 4 is 6.09 Å². The summed E-state index contributed by atoms with van der Waals surface area (Å²) in [7, 11) is 0. The number of rotatable bonds is 2. The molecule has 1 aliphatic heterocycles. The van der Waals surface area contributed by atoms with Crippen molar-refractivity contribution in [2.75, 3.05) is 13.2 Å². The third-order valence-corrected chi connectivity index (χ3v) is 5.67. The van der Waals surface area contributed by atoms with Gasteiger partial charge < -0.3 is 14.7 Å². The first kappa shape index (κ1) is 14.2. The first-order valence-electron chi connectivity index (χ1n) is 8.33. The lowest BCUT2D eigenvalue weighted by Crippen LogP contribution is -2.47. The third-order valence-electron chi connectivity index (χ3n) is 5.67. The van der Waals surface area contributed by atoms with Gasteiger partial charge in [0.1, 0.15) is 0 Å². The van der Waals surface area contributed by atoms with E-state index in [1.54, 1.807) is 0 Å². The summed E-state index contributed by atoms with van der Waals surface area (Å²) < 4.78 is 5.25. The summed E-state index contributed by atoms with van der Waals surface area (Å²) in [5, 5.41) is 10.4. The van der Waals surface area contributed by atoms with E-state index in [1.807, 2.05) is 11.8 Å². The molecule has 1 amide bonds. The molecule has 5 atom stereocenters. The van der Waals surface area contributed by atoms with Gasteiger partial charge in [-0.05, 0) is 44.4 Å². The number of fused-ring (bicyclic) bond motifs is 1. The van der Waals surface area contributed by atoms with E-state index in [9.17, 15) is 9.90 Å². The lowest BCUT2D eigenvalue weighted by atomic mass is 9.76. The van der Waals surface area contributed by atoms with Crippen LogP contribution in [0.3, 0.4) is 0 Å². The number of hydrogen-bond donors (Lipinski definition) is 1. The zero-order valence-electron chi connectivity index (χ0n) is 12.5. The Labute approximate surface area is 121 Å². The van der Waals surface area contributed by atoms with Crippen LogP contribution in [0.1, 0.15) is 51.9 Å². The summed E-state index contributed by atoms with van der Waals surface area (Å²) >= 11 is 0. The van der Waals surface area contributed by atoms with Crippen molar-refractivity contribution in [3.05, 3.63) is 0 Å². The Morgan fingerprint density at radius 2 is 1.90 bits per heavy atom. The van der Waals surface area contributed by atoms with Gasteiger partial charge in [-0.3, -0.25) is 0 Å². The zero-order chi connectivity index (χ0) is 14.1. The zero-order valence-corrected chi connectivity index (χ0v) is 12.5. The van der Waals surface area contributed by atoms with Gasteiger partial charge >= 0.3 is 6.09 Å². The van der Waals surface area contributed by atoms with E-state index in [4.69, 9.17) is 4.74 Å². The van der Waals surface area contributed by atoms with E-state index >= 15 is 0 Å². The molecule has 3 aliphatic rings. The third kappa shape index (κ3) is 2.43. The van der Waals surface area contributed by atoms with Crippen LogP contribution in [0.25, 0.3) is 0 Å². The molecule has 114 valence electrons. The lowest BCUT2D eigenvalue weighted by molar-refractivity contribution is 0.00781. The number of nitrogens with zero attached hydrogens (tertiary/aromatic N) is 1. The van der Waals surface area contributed by atoms with Crippen LogP contribution in [0.2, 0.25) is 0 Å². The van der Waals surface area contributed by atoms with Crippen LogP contribution >= 0.6 is 0 Å². The highest BCUT2D eigenvalue weighted by atomic mass is 16.6. The van der Waals surface area contributed by atoms with Gasteiger partial charge in [-0.25, -0.2) is 4.79 Å². The number of carbonyl (C=O) groups is 1. The Kier molecular flexibility index (Phi) is 4.20. The molecule has 0 bridgehead atoms. The molecule has 2 aliphatic carbocycles. The van der Waals surface area contributed by atoms with E-state index in [1.165, 1.54) is 25.7 Å². The molecule has 4 nitrogen and oxygen atoms in total. The predicted octanol–water partition coefficient (Wildman–Crippen LogP) is 2.79. The van der Waals surface area contributed by atoms with Crippen molar-refractivity contribution in [2.24, 2.45) is 17.8 Å². The Morgan fingerprint density at radius 3 is 2.65 bits per heavy atom. The van der Waals surface area contributed by atoms with Crippen molar-refractivity contribution < 1.29 is 14.6 Å². The highest BCUT2D eigenvalue weighted by Crippen LogP contribution is 2.47. The van der Waals surface area contributed by atoms with Gasteiger partial charge in [-0.1, -0.05) is 19.3 Å². The number of amides is 1. The van der Waals surface area contributed by atoms with E-state index in [0.29, 0.717) is 18.4 Å². The number of aliphatic hydroxyl groups excluding tert-OH is 1. The topological polar surface area (TPSA) is 49.8 Å². The Hall–Kier alpha value is -0.770. The second-order valence-electron chi connectivity index (χ2n) is 6.71. The minimum Gasteiger partial charge on any atom is -0.450 e. The van der Waals surface area contributed by atoms with E-state index < -0.39 is 0 Å². The van der Waals surface area contributed by atoms with Crippen molar-refractivity contribution in [1.82, 2.24) is 4.90 Å². The van der Waals surface area contributed by atoms with E-state index in [-0.39, 0.29) is 24.2 Å². The maximum atomic E-state index is 12.3. The monoisotopic (exact) mass is 281 g/mol. The normalized spacial score (nSPS) is 40.7. The van der Waals surface area contributed by atoms with Gasteiger partial charge in [-0.15, -0.1) is 0 Å². The quantitative estimate of drug-likeness (QED) is 0.846. The van der Waals surface area contributed by atoms with Crippen LogP contribution in [0.4, 0.5) is 4.79 Å². The van der Waals surface area contributed by atoms with Crippen LogP contribution in [-0.2, 0) is 4.74 Å². The fourth-order valence-corrected chi connectivity index (χ4v) is 4.84. The molecule has 20 heavy (non-hydrogen) atoms. The first-order valence-corrected chi connectivity index (χ1v) is 8.33. The molecule has 0 aromatic rings. The predicted molar refractivity (Wildman–Crippen MR) is 76.3 cm³/mol. The Balaban J connectivity index is 1.80. The first-order chi connectivity index (χ1) is 9.72. The molecule has 4 heteroatoms. The fraction of sp³-hybridized carbons (Fsp3) is 0.938. The van der Waals surface area contributed by atoms with Gasteiger partial charge in [0.15, 0.2) is 0 Å². The highest BCUT2D eigenvalue weighted by molar-refractivity contribution is 5.68. The molecule has 0 aromatic carbocycles. The molecule has 0 spiro atoms. The molecular formula is C16H27NO3. The molecule has 3 rings (SSSR count). The van der Waals surface area contributed by atoms with Crippen LogP contribution in [-0.4, -0.2) is 41.4 Å². The maximum Gasteiger partial charge on any atom is 0.410 e. The molecule has 1 heterocycles. The Bertz CT molecular complexity index is 360. The van der Waals surface area contributed by atoms with Gasteiger partial charge in [0, 0.05) is 18.5 Å². The van der Waals surface area contributed by atoms with Gasteiger partial charge in [0.25, 0.3) is 0 Å². The fourth-order valence-electron chi connectivity index (χ4n) is 4.84. The molecule has 0 radical (unpaired) electrons. The second-order valence-corrected chi connectivity index (χ2v) is 6.71. The van der Waals surface area contributed by atoms with Crippen molar-refractivity contribution in [3.63, 3.8) is 0 Å². The number of aliphatic hydroxyl groups is 1. The number of carbonyl (C=O) groups excluding carboxylic acids is 1. The van der Waals surface area contributed by atoms with Gasteiger partial charge in [0.2, 0.25) is 0 Å². The number of likely N-dealkylation sites (tertiary alicyclic amines) is 1. The van der Waals surface area contributed by atoms with Gasteiger partial charge in [0.05, 0.1) is 12.7 Å². The minimum absolute atomic E-state index is 0.162. The lowest BCUT2D eigenvalue weighted by Gasteiger charge is -2.39. The summed E-state index contributed by atoms with van der Waals surface area (Å²) in [5.74, 6) is 1.50. The molecule has 0 aromatic heterocycles. The molecule has 2 saturated carbocycles. The van der Waals surface area contributed by atoms with Crippen LogP contribution in [0, 0.1) is 17.8 Å². The highest BCUT2D eigenvalue weighted by Gasteiger charge is 2.51. The number of ether oxygens (including phenoxy) is 1. The summed E-state index contributed by atoms with van der Waals surface area (Å²) in [4.78, 5) is 14.2. The summed E-state index contributed by atoms with van der Waals surface area (Å²) in [5.41, 5.74) is 0. The standard InChI is InChI=1S/C16H27NO3/c1-2-20-16(19)17-10-11-6-5-8-12(11)15(17)13-7-3-4-9-14(13)18/h11-15,18H,2-10H2,1H3. The summed E-state index contributed by atoms with van der Waals surface area (Å²) in [6, 6.07) is 0.219. The second kappa shape index (κ2) is 5.92. The minimum atomic E-state index is -0.231. The molecular weight excluding hydrogens is 254 g/mol. The van der Waals surface area contributed by atoms with Crippen LogP contribution < -0.4 is 0 Å². The number of hydrogen-bond acceptors (Lipinski definition) is 3. The Morgan fingerprint density at radius 1 is 1.15 bits per heavy atom. The average Bonchev–Trinajstić information content (AvgIpc) is 3.00. The average molecular weight is 281 g/mol. The largest absolute Gasteiger partial charge is 0.450 e. The molecule has 1 N–H and O–H groups in total. The smallest absolute Gasteiger partial charge is 0.410 e. The van der Waals surface area contributed by atoms with Crippen molar-refractivity contribution in [1.29, 1.82) is 0 Å².